The van der Waals surface area contributed by atoms with Crippen LogP contribution in [0.2, 0.25) is 0 Å². The molecule has 0 saturated carbocycles. The van der Waals surface area contributed by atoms with E-state index in [1.807, 2.05) is 24.6 Å². The van der Waals surface area contributed by atoms with E-state index < -0.39 is 0 Å². The fourth-order valence-electron chi connectivity index (χ4n) is 1.71. The van der Waals surface area contributed by atoms with Crippen molar-refractivity contribution < 1.29 is 9.53 Å². The maximum atomic E-state index is 12.4. The second kappa shape index (κ2) is 4.71. The lowest BCUT2D eigenvalue weighted by Crippen LogP contribution is -2.11. The minimum Gasteiger partial charge on any atom is -0.493 e. The number of ketones is 1. The molecule has 0 unspecified atom stereocenters. The summed E-state index contributed by atoms with van der Waals surface area (Å²) < 4.78 is 6.85. The molecule has 0 aliphatic carbocycles. The maximum Gasteiger partial charge on any atom is 0.215 e. The van der Waals surface area contributed by atoms with Gasteiger partial charge in [-0.15, -0.1) is 0 Å². The first-order chi connectivity index (χ1) is 8.19. The quantitative estimate of drug-likeness (QED) is 0.783. The fraction of sp³-hybridized carbons (Fsp3) is 0.333. The van der Waals surface area contributed by atoms with E-state index >= 15 is 0 Å². The number of rotatable bonds is 4. The van der Waals surface area contributed by atoms with Crippen LogP contribution in [0.4, 0.5) is 0 Å². The number of carbonyl (C=O) groups excluding carboxylic acids is 1. The van der Waals surface area contributed by atoms with E-state index in [0.717, 1.165) is 11.1 Å². The van der Waals surface area contributed by atoms with Crippen LogP contribution in [-0.4, -0.2) is 22.7 Å². The van der Waals surface area contributed by atoms with Crippen molar-refractivity contribution in [2.24, 2.45) is 0 Å². The average molecular weight is 250 g/mol. The van der Waals surface area contributed by atoms with Gasteiger partial charge in [0.2, 0.25) is 5.78 Å². The first kappa shape index (κ1) is 11.9. The molecule has 0 aromatic carbocycles. The van der Waals surface area contributed by atoms with E-state index in [0.29, 0.717) is 18.0 Å². The molecule has 17 heavy (non-hydrogen) atoms. The van der Waals surface area contributed by atoms with E-state index in [1.54, 1.807) is 18.0 Å². The van der Waals surface area contributed by atoms with Gasteiger partial charge in [0.05, 0.1) is 13.3 Å². The van der Waals surface area contributed by atoms with Crippen LogP contribution in [0.3, 0.4) is 0 Å². The summed E-state index contributed by atoms with van der Waals surface area (Å²) in [6.45, 7) is 4.53. The summed E-state index contributed by atoms with van der Waals surface area (Å²) in [6, 6.07) is 0. The molecule has 0 saturated heterocycles. The number of thiophene rings is 1. The Bertz CT molecular complexity index is 521. The Labute approximate surface area is 104 Å². The van der Waals surface area contributed by atoms with Crippen LogP contribution in [0.15, 0.2) is 17.0 Å². The zero-order valence-electron chi connectivity index (χ0n) is 10.1. The monoisotopic (exact) mass is 250 g/mol. The minimum absolute atomic E-state index is 0.0278. The molecule has 2 heterocycles. The largest absolute Gasteiger partial charge is 0.493 e. The third-order valence-electron chi connectivity index (χ3n) is 2.64. The number of methoxy groups -OCH3 is 1. The lowest BCUT2D eigenvalue weighted by Gasteiger charge is -2.05. The van der Waals surface area contributed by atoms with Crippen molar-refractivity contribution >= 4 is 17.1 Å². The Morgan fingerprint density at radius 2 is 2.29 bits per heavy atom. The highest BCUT2D eigenvalue weighted by molar-refractivity contribution is 7.08. The molecule has 0 spiro atoms. The lowest BCUT2D eigenvalue weighted by molar-refractivity contribution is 0.102. The predicted molar refractivity (Wildman–Crippen MR) is 66.9 cm³/mol. The molecule has 0 N–H and O–H groups in total. The number of ether oxygens (including phenoxy) is 1. The van der Waals surface area contributed by atoms with Gasteiger partial charge in [-0.1, -0.05) is 0 Å². The molecule has 0 aliphatic heterocycles. The Kier molecular flexibility index (Phi) is 3.28. The highest BCUT2D eigenvalue weighted by Gasteiger charge is 2.21. The van der Waals surface area contributed by atoms with Gasteiger partial charge in [-0.3, -0.25) is 9.48 Å². The van der Waals surface area contributed by atoms with Crippen LogP contribution in [-0.2, 0) is 6.54 Å². The first-order valence-electron chi connectivity index (χ1n) is 5.36. The molecule has 90 valence electrons. The van der Waals surface area contributed by atoms with Crippen molar-refractivity contribution in [2.45, 2.75) is 20.4 Å². The van der Waals surface area contributed by atoms with Crippen molar-refractivity contribution in [2.75, 3.05) is 7.11 Å². The molecule has 2 aromatic rings. The Hall–Kier alpha value is -1.62. The number of hydrogen-bond donors (Lipinski definition) is 0. The fourth-order valence-corrected chi connectivity index (χ4v) is 2.54. The number of aryl methyl sites for hydroxylation is 2. The zero-order chi connectivity index (χ0) is 12.4. The smallest absolute Gasteiger partial charge is 0.215 e. The highest BCUT2D eigenvalue weighted by Crippen LogP contribution is 2.24. The van der Waals surface area contributed by atoms with Crippen LogP contribution < -0.4 is 4.74 Å². The Morgan fingerprint density at radius 1 is 1.53 bits per heavy atom. The molecule has 0 amide bonds. The third-order valence-corrected chi connectivity index (χ3v) is 3.50. The van der Waals surface area contributed by atoms with Crippen LogP contribution >= 0.6 is 11.3 Å². The third kappa shape index (κ3) is 1.98. The highest BCUT2D eigenvalue weighted by atomic mass is 32.1. The van der Waals surface area contributed by atoms with Crippen LogP contribution in [0.1, 0.15) is 28.5 Å². The van der Waals surface area contributed by atoms with Gasteiger partial charge < -0.3 is 4.74 Å². The van der Waals surface area contributed by atoms with Crippen molar-refractivity contribution in [1.29, 1.82) is 0 Å². The standard InChI is InChI=1S/C12H14N2O2S/c1-4-14-11(10(16-3)5-13-14)12(15)9-7-17-6-8(9)2/h5-7H,4H2,1-3H3. The van der Waals surface area contributed by atoms with Crippen molar-refractivity contribution in [1.82, 2.24) is 9.78 Å². The second-order valence-electron chi connectivity index (χ2n) is 3.67. The first-order valence-corrected chi connectivity index (χ1v) is 6.30. The van der Waals surface area contributed by atoms with Gasteiger partial charge in [0.15, 0.2) is 11.4 Å². The molecule has 5 heteroatoms. The number of aromatic nitrogens is 2. The van der Waals surface area contributed by atoms with Crippen LogP contribution in [0.5, 0.6) is 5.75 Å². The lowest BCUT2D eigenvalue weighted by atomic mass is 10.1. The van der Waals surface area contributed by atoms with Gasteiger partial charge in [0, 0.05) is 17.5 Å². The normalized spacial score (nSPS) is 10.5. The number of hydrogen-bond acceptors (Lipinski definition) is 4. The summed E-state index contributed by atoms with van der Waals surface area (Å²) >= 11 is 1.53. The van der Waals surface area contributed by atoms with Gasteiger partial charge in [0.1, 0.15) is 0 Å². The minimum atomic E-state index is -0.0278. The van der Waals surface area contributed by atoms with Gasteiger partial charge in [-0.25, -0.2) is 0 Å². The Morgan fingerprint density at radius 3 is 2.82 bits per heavy atom. The molecule has 2 rings (SSSR count). The van der Waals surface area contributed by atoms with E-state index in [2.05, 4.69) is 5.10 Å². The van der Waals surface area contributed by atoms with Crippen LogP contribution in [0.25, 0.3) is 0 Å². The zero-order valence-corrected chi connectivity index (χ0v) is 10.9. The van der Waals surface area contributed by atoms with Crippen LogP contribution in [0, 0.1) is 6.92 Å². The molecule has 0 radical (unpaired) electrons. The van der Waals surface area contributed by atoms with E-state index in [1.165, 1.54) is 11.3 Å². The molecule has 0 aliphatic rings. The van der Waals surface area contributed by atoms with E-state index in [-0.39, 0.29) is 5.78 Å². The van der Waals surface area contributed by atoms with E-state index in [4.69, 9.17) is 4.74 Å². The van der Waals surface area contributed by atoms with Crippen molar-refractivity contribution in [3.05, 3.63) is 33.8 Å². The summed E-state index contributed by atoms with van der Waals surface area (Å²) in [5.74, 6) is 0.502. The second-order valence-corrected chi connectivity index (χ2v) is 4.42. The summed E-state index contributed by atoms with van der Waals surface area (Å²) in [5, 5.41) is 7.97. The average Bonchev–Trinajstić information content (AvgIpc) is 2.93. The predicted octanol–water partition coefficient (Wildman–Crippen LogP) is 2.51. The molecule has 2 aromatic heterocycles. The number of nitrogens with zero attached hydrogens (tertiary/aromatic N) is 2. The van der Waals surface area contributed by atoms with Crippen molar-refractivity contribution in [3.8, 4) is 5.75 Å². The summed E-state index contributed by atoms with van der Waals surface area (Å²) in [6.07, 6.45) is 1.58. The topological polar surface area (TPSA) is 44.1 Å². The maximum absolute atomic E-state index is 12.4. The molecular formula is C12H14N2O2S. The summed E-state index contributed by atoms with van der Waals surface area (Å²) in [4.78, 5) is 12.4. The molecule has 0 bridgehead atoms. The molecule has 0 fully saturated rings. The van der Waals surface area contributed by atoms with Gasteiger partial charge in [-0.2, -0.15) is 16.4 Å². The SMILES string of the molecule is CCn1ncc(OC)c1C(=O)c1cscc1C. The Balaban J connectivity index is 2.50. The number of carbonyl (C=O) groups is 1. The summed E-state index contributed by atoms with van der Waals surface area (Å²) in [7, 11) is 1.55. The van der Waals surface area contributed by atoms with Crippen molar-refractivity contribution in [3.63, 3.8) is 0 Å². The molecule has 0 atom stereocenters. The van der Waals surface area contributed by atoms with Gasteiger partial charge >= 0.3 is 0 Å². The molecule has 4 nitrogen and oxygen atoms in total. The summed E-state index contributed by atoms with van der Waals surface area (Å²) in [5.41, 5.74) is 2.24. The van der Waals surface area contributed by atoms with Gasteiger partial charge in [0.25, 0.3) is 0 Å². The van der Waals surface area contributed by atoms with Gasteiger partial charge in [-0.05, 0) is 24.8 Å². The molecular weight excluding hydrogens is 236 g/mol. The van der Waals surface area contributed by atoms with E-state index in [9.17, 15) is 4.79 Å².